The molecule has 2 rings (SSSR count). The van der Waals surface area contributed by atoms with E-state index in [4.69, 9.17) is 4.74 Å². The summed E-state index contributed by atoms with van der Waals surface area (Å²) in [4.78, 5) is 16.2. The number of aryl methyl sites for hydroxylation is 1. The molecule has 0 bridgehead atoms. The van der Waals surface area contributed by atoms with E-state index in [1.165, 1.54) is 0 Å². The second-order valence-corrected chi connectivity index (χ2v) is 4.68. The second-order valence-electron chi connectivity index (χ2n) is 3.89. The Balaban J connectivity index is 2.41. The van der Waals surface area contributed by atoms with E-state index in [0.29, 0.717) is 16.7 Å². The van der Waals surface area contributed by atoms with Gasteiger partial charge in [0.15, 0.2) is 0 Å². The van der Waals surface area contributed by atoms with Gasteiger partial charge in [0.2, 0.25) is 0 Å². The summed E-state index contributed by atoms with van der Waals surface area (Å²) in [5.74, 6) is 0.765. The van der Waals surface area contributed by atoms with E-state index in [1.54, 1.807) is 24.9 Å². The molecule has 18 heavy (non-hydrogen) atoms. The summed E-state index contributed by atoms with van der Waals surface area (Å²) in [6.45, 7) is 2.23. The highest BCUT2D eigenvalue weighted by molar-refractivity contribution is 9.10. The Bertz CT molecular complexity index is 623. The van der Waals surface area contributed by atoms with Crippen LogP contribution in [0.2, 0.25) is 0 Å². The summed E-state index contributed by atoms with van der Waals surface area (Å²) < 4.78 is 7.31. The highest BCUT2D eigenvalue weighted by Gasteiger charge is 2.08. The number of hydrogen-bond donors (Lipinski definition) is 0. The Labute approximate surface area is 113 Å². The van der Waals surface area contributed by atoms with Gasteiger partial charge >= 0.3 is 0 Å². The van der Waals surface area contributed by atoms with Crippen molar-refractivity contribution >= 4 is 15.9 Å². The van der Waals surface area contributed by atoms with Crippen molar-refractivity contribution in [2.45, 2.75) is 13.5 Å². The first-order valence-electron chi connectivity index (χ1n) is 5.47. The van der Waals surface area contributed by atoms with Gasteiger partial charge in [-0.05, 0) is 28.9 Å². The third-order valence-electron chi connectivity index (χ3n) is 2.69. The van der Waals surface area contributed by atoms with Crippen molar-refractivity contribution in [1.82, 2.24) is 9.55 Å². The van der Waals surface area contributed by atoms with Crippen LogP contribution in [-0.4, -0.2) is 16.7 Å². The number of nitrogens with zero attached hydrogens (tertiary/aromatic N) is 2. The van der Waals surface area contributed by atoms with Crippen LogP contribution in [0.5, 0.6) is 5.75 Å². The lowest BCUT2D eigenvalue weighted by Crippen LogP contribution is -2.22. The largest absolute Gasteiger partial charge is 0.496 e. The van der Waals surface area contributed by atoms with Crippen LogP contribution in [0.4, 0.5) is 0 Å². The minimum Gasteiger partial charge on any atom is -0.496 e. The van der Waals surface area contributed by atoms with Gasteiger partial charge < -0.3 is 4.74 Å². The van der Waals surface area contributed by atoms with Crippen LogP contribution >= 0.6 is 15.9 Å². The number of halogens is 1. The van der Waals surface area contributed by atoms with Crippen LogP contribution in [-0.2, 0) is 6.54 Å². The van der Waals surface area contributed by atoms with Crippen molar-refractivity contribution in [1.29, 1.82) is 0 Å². The molecule has 0 saturated carbocycles. The van der Waals surface area contributed by atoms with Crippen LogP contribution in [0.15, 0.2) is 39.9 Å². The van der Waals surface area contributed by atoms with Gasteiger partial charge in [-0.25, -0.2) is 4.98 Å². The molecule has 0 N–H and O–H groups in total. The Morgan fingerprint density at radius 2 is 2.11 bits per heavy atom. The minimum atomic E-state index is -0.0894. The maximum atomic E-state index is 12.0. The summed E-state index contributed by atoms with van der Waals surface area (Å²) in [6.07, 6.45) is 1.55. The molecule has 0 aliphatic heterocycles. The number of hydrogen-bond acceptors (Lipinski definition) is 3. The molecule has 0 aliphatic rings. The van der Waals surface area contributed by atoms with E-state index in [9.17, 15) is 4.79 Å². The van der Waals surface area contributed by atoms with Gasteiger partial charge in [-0.1, -0.05) is 18.2 Å². The molecule has 1 heterocycles. The van der Waals surface area contributed by atoms with Gasteiger partial charge in [-0.2, -0.15) is 0 Å². The van der Waals surface area contributed by atoms with Gasteiger partial charge in [0.1, 0.15) is 10.2 Å². The average molecular weight is 309 g/mol. The third-order valence-corrected chi connectivity index (χ3v) is 3.60. The van der Waals surface area contributed by atoms with Crippen molar-refractivity contribution in [3.8, 4) is 5.75 Å². The van der Waals surface area contributed by atoms with Gasteiger partial charge in [-0.15, -0.1) is 0 Å². The monoisotopic (exact) mass is 308 g/mol. The maximum Gasteiger partial charge on any atom is 0.268 e. The van der Waals surface area contributed by atoms with Crippen molar-refractivity contribution < 1.29 is 4.74 Å². The van der Waals surface area contributed by atoms with Gasteiger partial charge in [0.05, 0.1) is 25.7 Å². The first-order valence-corrected chi connectivity index (χ1v) is 6.26. The van der Waals surface area contributed by atoms with Gasteiger partial charge in [0.25, 0.3) is 5.56 Å². The second kappa shape index (κ2) is 5.35. The average Bonchev–Trinajstić information content (AvgIpc) is 2.40. The standard InChI is InChI=1S/C13H13BrN2O2/c1-9-12(14)13(17)16(8-15-9)7-10-5-3-4-6-11(10)18-2/h3-6,8H,7H2,1-2H3. The highest BCUT2D eigenvalue weighted by Crippen LogP contribution is 2.18. The maximum absolute atomic E-state index is 12.0. The van der Waals surface area contributed by atoms with E-state index in [2.05, 4.69) is 20.9 Å². The van der Waals surface area contributed by atoms with Crippen LogP contribution in [0, 0.1) is 6.92 Å². The van der Waals surface area contributed by atoms with Crippen molar-refractivity contribution in [3.05, 3.63) is 56.7 Å². The van der Waals surface area contributed by atoms with Crippen molar-refractivity contribution in [2.24, 2.45) is 0 Å². The predicted molar refractivity (Wildman–Crippen MR) is 73.0 cm³/mol. The van der Waals surface area contributed by atoms with E-state index in [1.807, 2.05) is 24.3 Å². The number of methoxy groups -OCH3 is 1. The van der Waals surface area contributed by atoms with Crippen molar-refractivity contribution in [3.63, 3.8) is 0 Å². The van der Waals surface area contributed by atoms with E-state index in [0.717, 1.165) is 11.3 Å². The number of ether oxygens (including phenoxy) is 1. The molecule has 5 heteroatoms. The summed E-state index contributed by atoms with van der Waals surface area (Å²) in [6, 6.07) is 7.62. The van der Waals surface area contributed by atoms with Crippen molar-refractivity contribution in [2.75, 3.05) is 7.11 Å². The smallest absolute Gasteiger partial charge is 0.268 e. The lowest BCUT2D eigenvalue weighted by molar-refractivity contribution is 0.408. The molecular formula is C13H13BrN2O2. The summed E-state index contributed by atoms with van der Waals surface area (Å²) in [7, 11) is 1.62. The van der Waals surface area contributed by atoms with Crippen LogP contribution in [0.1, 0.15) is 11.3 Å². The predicted octanol–water partition coefficient (Wildman–Crippen LogP) is 2.37. The summed E-state index contributed by atoms with van der Waals surface area (Å²) >= 11 is 3.25. The fourth-order valence-corrected chi connectivity index (χ4v) is 2.01. The Morgan fingerprint density at radius 1 is 1.39 bits per heavy atom. The zero-order chi connectivity index (χ0) is 13.1. The summed E-state index contributed by atoms with van der Waals surface area (Å²) in [5.41, 5.74) is 1.55. The fraction of sp³-hybridized carbons (Fsp3) is 0.231. The number of para-hydroxylation sites is 1. The van der Waals surface area contributed by atoms with Crippen LogP contribution < -0.4 is 10.3 Å². The SMILES string of the molecule is COc1ccccc1Cn1cnc(C)c(Br)c1=O. The molecular weight excluding hydrogens is 296 g/mol. The first kappa shape index (κ1) is 12.8. The van der Waals surface area contributed by atoms with Crippen LogP contribution in [0.25, 0.3) is 0 Å². The molecule has 0 saturated heterocycles. The topological polar surface area (TPSA) is 44.1 Å². The minimum absolute atomic E-state index is 0.0894. The van der Waals surface area contributed by atoms with E-state index < -0.39 is 0 Å². The van der Waals surface area contributed by atoms with E-state index in [-0.39, 0.29) is 5.56 Å². The molecule has 1 aromatic carbocycles. The molecule has 0 radical (unpaired) electrons. The van der Waals surface area contributed by atoms with Crippen LogP contribution in [0.3, 0.4) is 0 Å². The molecule has 0 atom stereocenters. The van der Waals surface area contributed by atoms with E-state index >= 15 is 0 Å². The quantitative estimate of drug-likeness (QED) is 0.874. The molecule has 0 fully saturated rings. The highest BCUT2D eigenvalue weighted by atomic mass is 79.9. The first-order chi connectivity index (χ1) is 8.63. The van der Waals surface area contributed by atoms with Gasteiger partial charge in [0, 0.05) is 5.56 Å². The molecule has 0 amide bonds. The van der Waals surface area contributed by atoms with Gasteiger partial charge in [-0.3, -0.25) is 9.36 Å². The molecule has 2 aromatic rings. The molecule has 4 nitrogen and oxygen atoms in total. The zero-order valence-electron chi connectivity index (χ0n) is 10.2. The molecule has 1 aromatic heterocycles. The zero-order valence-corrected chi connectivity index (χ0v) is 11.8. The number of benzene rings is 1. The lowest BCUT2D eigenvalue weighted by Gasteiger charge is -2.10. The number of rotatable bonds is 3. The third kappa shape index (κ3) is 2.46. The Morgan fingerprint density at radius 3 is 2.83 bits per heavy atom. The number of aromatic nitrogens is 2. The lowest BCUT2D eigenvalue weighted by atomic mass is 10.2. The molecule has 0 unspecified atom stereocenters. The molecule has 0 spiro atoms. The molecule has 0 aliphatic carbocycles. The summed E-state index contributed by atoms with van der Waals surface area (Å²) in [5, 5.41) is 0. The Hall–Kier alpha value is -1.62. The molecule has 94 valence electrons. The fourth-order valence-electron chi connectivity index (χ4n) is 1.68. The Kier molecular flexibility index (Phi) is 3.81. The normalized spacial score (nSPS) is 10.4.